The van der Waals surface area contributed by atoms with Crippen LogP contribution < -0.4 is 5.32 Å². The lowest BCUT2D eigenvalue weighted by Crippen LogP contribution is -2.42. The molecule has 2 aliphatic rings. The quantitative estimate of drug-likeness (QED) is 0.357. The largest absolute Gasteiger partial charge is 0.379 e. The summed E-state index contributed by atoms with van der Waals surface area (Å²) in [4.78, 5) is 14.0. The summed E-state index contributed by atoms with van der Waals surface area (Å²) >= 11 is 0. The van der Waals surface area contributed by atoms with Gasteiger partial charge in [-0.3, -0.25) is 9.89 Å². The Kier molecular flexibility index (Phi) is 8.95. The van der Waals surface area contributed by atoms with Crippen molar-refractivity contribution in [3.05, 3.63) is 54.1 Å². The molecule has 3 heterocycles. The van der Waals surface area contributed by atoms with Crippen molar-refractivity contribution < 1.29 is 4.74 Å². The lowest BCUT2D eigenvalue weighted by molar-refractivity contribution is 0.0315. The number of aliphatic imine (C=N–C) groups is 1. The number of hydrogen-bond acceptors (Lipinski definition) is 4. The minimum atomic E-state index is 0. The van der Waals surface area contributed by atoms with Crippen molar-refractivity contribution in [3.8, 4) is 0 Å². The molecule has 164 valence electrons. The minimum Gasteiger partial charge on any atom is -0.379 e. The van der Waals surface area contributed by atoms with E-state index in [0.29, 0.717) is 12.5 Å². The molecule has 0 spiro atoms. The van der Waals surface area contributed by atoms with Gasteiger partial charge in [0, 0.05) is 58.7 Å². The maximum absolute atomic E-state index is 5.47. The molecule has 1 aromatic carbocycles. The maximum atomic E-state index is 5.47. The van der Waals surface area contributed by atoms with Crippen molar-refractivity contribution in [1.29, 1.82) is 0 Å². The molecule has 7 nitrogen and oxygen atoms in total. The number of nitrogens with one attached hydrogen (secondary N) is 1. The van der Waals surface area contributed by atoms with Gasteiger partial charge < -0.3 is 19.5 Å². The van der Waals surface area contributed by atoms with E-state index in [1.807, 2.05) is 25.5 Å². The smallest absolute Gasteiger partial charge is 0.194 e. The van der Waals surface area contributed by atoms with E-state index in [2.05, 4.69) is 53.9 Å². The van der Waals surface area contributed by atoms with Gasteiger partial charge in [0.2, 0.25) is 0 Å². The van der Waals surface area contributed by atoms with Crippen molar-refractivity contribution in [1.82, 2.24) is 24.7 Å². The highest BCUT2D eigenvalue weighted by molar-refractivity contribution is 14.0. The third-order valence-corrected chi connectivity index (χ3v) is 5.82. The molecule has 1 unspecified atom stereocenters. The van der Waals surface area contributed by atoms with Gasteiger partial charge in [0.25, 0.3) is 0 Å². The average Bonchev–Trinajstić information content (AvgIpc) is 3.40. The van der Waals surface area contributed by atoms with Crippen molar-refractivity contribution in [2.45, 2.75) is 19.5 Å². The van der Waals surface area contributed by atoms with Crippen LogP contribution in [0.1, 0.15) is 17.8 Å². The molecule has 1 atom stereocenters. The molecule has 4 rings (SSSR count). The highest BCUT2D eigenvalue weighted by Crippen LogP contribution is 2.18. The third kappa shape index (κ3) is 6.18. The van der Waals surface area contributed by atoms with Crippen molar-refractivity contribution in [2.24, 2.45) is 10.9 Å². The molecule has 0 radical (unpaired) electrons. The molecule has 1 N–H and O–H groups in total. The normalized spacial score (nSPS) is 20.2. The van der Waals surface area contributed by atoms with Gasteiger partial charge in [-0.1, -0.05) is 30.3 Å². The predicted octanol–water partition coefficient (Wildman–Crippen LogP) is 2.28. The van der Waals surface area contributed by atoms with Crippen molar-refractivity contribution in [3.63, 3.8) is 0 Å². The third-order valence-electron chi connectivity index (χ3n) is 5.82. The van der Waals surface area contributed by atoms with Crippen LogP contribution in [0.4, 0.5) is 0 Å². The fourth-order valence-electron chi connectivity index (χ4n) is 4.24. The lowest BCUT2D eigenvalue weighted by atomic mass is 10.1. The minimum absolute atomic E-state index is 0. The second kappa shape index (κ2) is 11.7. The predicted molar refractivity (Wildman–Crippen MR) is 130 cm³/mol. The summed E-state index contributed by atoms with van der Waals surface area (Å²) in [6.07, 6.45) is 5.14. The molecule has 2 fully saturated rings. The molecule has 1 aromatic heterocycles. The van der Waals surface area contributed by atoms with Crippen LogP contribution in [0, 0.1) is 5.92 Å². The molecule has 0 aliphatic carbocycles. The maximum Gasteiger partial charge on any atom is 0.194 e. The highest BCUT2D eigenvalue weighted by atomic mass is 127. The lowest BCUT2D eigenvalue weighted by Gasteiger charge is -2.29. The number of guanidine groups is 1. The Bertz CT molecular complexity index is 790. The summed E-state index contributed by atoms with van der Waals surface area (Å²) < 4.78 is 7.66. The number of rotatable bonds is 6. The summed E-state index contributed by atoms with van der Waals surface area (Å²) in [5, 5.41) is 3.52. The Morgan fingerprint density at radius 1 is 1.20 bits per heavy atom. The van der Waals surface area contributed by atoms with Gasteiger partial charge in [-0.05, 0) is 17.9 Å². The number of halogens is 1. The number of aromatic nitrogens is 2. The molecule has 2 saturated heterocycles. The second-order valence-electron chi connectivity index (χ2n) is 7.87. The highest BCUT2D eigenvalue weighted by Gasteiger charge is 2.27. The van der Waals surface area contributed by atoms with E-state index < -0.39 is 0 Å². The van der Waals surface area contributed by atoms with E-state index in [-0.39, 0.29) is 24.0 Å². The van der Waals surface area contributed by atoms with Gasteiger partial charge in [-0.2, -0.15) is 0 Å². The van der Waals surface area contributed by atoms with E-state index in [0.717, 1.165) is 57.7 Å². The molecule has 0 bridgehead atoms. The first-order valence-corrected chi connectivity index (χ1v) is 10.6. The fourth-order valence-corrected chi connectivity index (χ4v) is 4.24. The van der Waals surface area contributed by atoms with Crippen LogP contribution in [-0.2, 0) is 17.8 Å². The van der Waals surface area contributed by atoms with E-state index in [1.165, 1.54) is 18.5 Å². The zero-order chi connectivity index (χ0) is 19.9. The number of benzene rings is 1. The Balaban J connectivity index is 0.00000256. The van der Waals surface area contributed by atoms with E-state index in [1.54, 1.807) is 0 Å². The van der Waals surface area contributed by atoms with Crippen LogP contribution in [0.15, 0.2) is 47.7 Å². The van der Waals surface area contributed by atoms with E-state index in [4.69, 9.17) is 4.74 Å². The SMILES string of the molecule is CN=C(NCc1nccn1Cc1ccccc1)N1CCC(CN2CCOCC2)C1.I. The Labute approximate surface area is 196 Å². The summed E-state index contributed by atoms with van der Waals surface area (Å²) in [6.45, 7) is 8.67. The molecular weight excluding hydrogens is 491 g/mol. The van der Waals surface area contributed by atoms with Crippen LogP contribution in [0.2, 0.25) is 0 Å². The second-order valence-corrected chi connectivity index (χ2v) is 7.87. The van der Waals surface area contributed by atoms with Gasteiger partial charge in [0.05, 0.1) is 19.8 Å². The number of likely N-dealkylation sites (tertiary alicyclic amines) is 1. The molecule has 2 aromatic rings. The standard InChI is InChI=1S/C22H32N6O.HI/c1-23-22(28-9-7-20(18-28)16-26-11-13-29-14-12-26)25-15-21-24-8-10-27(21)17-19-5-3-2-4-6-19;/h2-6,8,10,20H,7,9,11-18H2,1H3,(H,23,25);1H. The number of morpholine rings is 1. The number of hydrogen-bond donors (Lipinski definition) is 1. The summed E-state index contributed by atoms with van der Waals surface area (Å²) in [7, 11) is 1.87. The first-order chi connectivity index (χ1) is 14.3. The topological polar surface area (TPSA) is 57.9 Å². The summed E-state index contributed by atoms with van der Waals surface area (Å²) in [5.74, 6) is 2.70. The Hall–Kier alpha value is -1.65. The summed E-state index contributed by atoms with van der Waals surface area (Å²) in [5.41, 5.74) is 1.28. The first-order valence-electron chi connectivity index (χ1n) is 10.6. The molecule has 0 saturated carbocycles. The molecule has 0 amide bonds. The number of ether oxygens (including phenoxy) is 1. The van der Waals surface area contributed by atoms with Crippen molar-refractivity contribution in [2.75, 3.05) is 53.0 Å². The van der Waals surface area contributed by atoms with Gasteiger partial charge in [-0.25, -0.2) is 4.98 Å². The van der Waals surface area contributed by atoms with Gasteiger partial charge in [-0.15, -0.1) is 24.0 Å². The first kappa shape index (κ1) is 23.0. The summed E-state index contributed by atoms with van der Waals surface area (Å²) in [6, 6.07) is 10.5. The Morgan fingerprint density at radius 3 is 2.77 bits per heavy atom. The Morgan fingerprint density at radius 2 is 2.00 bits per heavy atom. The van der Waals surface area contributed by atoms with Crippen LogP contribution in [-0.4, -0.2) is 78.3 Å². The zero-order valence-corrected chi connectivity index (χ0v) is 20.1. The van der Waals surface area contributed by atoms with Crippen LogP contribution in [0.3, 0.4) is 0 Å². The number of imidazole rings is 1. The monoisotopic (exact) mass is 524 g/mol. The van der Waals surface area contributed by atoms with Crippen LogP contribution in [0.25, 0.3) is 0 Å². The van der Waals surface area contributed by atoms with Crippen LogP contribution in [0.5, 0.6) is 0 Å². The van der Waals surface area contributed by atoms with Gasteiger partial charge in [0.1, 0.15) is 5.82 Å². The molecule has 2 aliphatic heterocycles. The molecule has 30 heavy (non-hydrogen) atoms. The van der Waals surface area contributed by atoms with Gasteiger partial charge >= 0.3 is 0 Å². The molecule has 8 heteroatoms. The van der Waals surface area contributed by atoms with E-state index >= 15 is 0 Å². The van der Waals surface area contributed by atoms with Crippen LogP contribution >= 0.6 is 24.0 Å². The van der Waals surface area contributed by atoms with E-state index in [9.17, 15) is 0 Å². The number of nitrogens with zero attached hydrogens (tertiary/aromatic N) is 5. The average molecular weight is 524 g/mol. The van der Waals surface area contributed by atoms with Crippen molar-refractivity contribution >= 4 is 29.9 Å². The van der Waals surface area contributed by atoms with Gasteiger partial charge in [0.15, 0.2) is 5.96 Å². The zero-order valence-electron chi connectivity index (χ0n) is 17.7. The fraction of sp³-hybridized carbons (Fsp3) is 0.545. The molecular formula is C22H33IN6O.